The minimum Gasteiger partial charge on any atom is -0.387 e. The summed E-state index contributed by atoms with van der Waals surface area (Å²) >= 11 is 0. The van der Waals surface area contributed by atoms with Gasteiger partial charge in [0.15, 0.2) is 0 Å². The zero-order valence-corrected chi connectivity index (χ0v) is 11.9. The van der Waals surface area contributed by atoms with Gasteiger partial charge in [0.25, 0.3) is 5.91 Å². The van der Waals surface area contributed by atoms with Gasteiger partial charge in [-0.15, -0.1) is 0 Å². The Morgan fingerprint density at radius 1 is 1.30 bits per heavy atom. The lowest BCUT2D eigenvalue weighted by Crippen LogP contribution is -2.50. The lowest BCUT2D eigenvalue weighted by Gasteiger charge is -2.34. The quantitative estimate of drug-likeness (QED) is 0.410. The van der Waals surface area contributed by atoms with Crippen LogP contribution >= 0.6 is 0 Å². The van der Waals surface area contributed by atoms with E-state index in [4.69, 9.17) is 10.00 Å². The fraction of sp³-hybridized carbons (Fsp3) is 0.615. The molecule has 0 aliphatic carbocycles. The molecule has 0 radical (unpaired) electrons. The Bertz CT molecular complexity index is 420. The van der Waals surface area contributed by atoms with Gasteiger partial charge < -0.3 is 19.9 Å². The summed E-state index contributed by atoms with van der Waals surface area (Å²) in [5.41, 5.74) is 0.0670. The van der Waals surface area contributed by atoms with Crippen molar-refractivity contribution in [1.82, 2.24) is 15.1 Å². The number of methoxy groups -OCH3 is 1. The molecule has 1 saturated heterocycles. The van der Waals surface area contributed by atoms with Crippen molar-refractivity contribution in [3.05, 3.63) is 11.8 Å². The predicted octanol–water partition coefficient (Wildman–Crippen LogP) is -0.679. The molecule has 20 heavy (non-hydrogen) atoms. The van der Waals surface area contributed by atoms with Gasteiger partial charge >= 0.3 is 0 Å². The third kappa shape index (κ3) is 4.55. The molecule has 7 heteroatoms. The first-order valence-corrected chi connectivity index (χ1v) is 6.47. The first kappa shape index (κ1) is 16.0. The Hall–Kier alpha value is -2.07. The number of nitrogens with zero attached hydrogens (tertiary/aromatic N) is 3. The Morgan fingerprint density at radius 3 is 2.40 bits per heavy atom. The number of amides is 2. The summed E-state index contributed by atoms with van der Waals surface area (Å²) in [7, 11) is 1.58. The largest absolute Gasteiger partial charge is 0.387 e. The maximum Gasteiger partial charge on any atom is 0.266 e. The first-order chi connectivity index (χ1) is 9.60. The molecule has 1 N–H and O–H groups in total. The Labute approximate surface area is 118 Å². The number of hydrogen-bond acceptors (Lipinski definition) is 5. The van der Waals surface area contributed by atoms with Gasteiger partial charge in [-0.25, -0.2) is 0 Å². The summed E-state index contributed by atoms with van der Waals surface area (Å²) in [6.45, 7) is 4.48. The third-order valence-corrected chi connectivity index (χ3v) is 3.06. The number of carbonyl (C=O) groups excluding carboxylic acids is 2. The molecule has 0 spiro atoms. The van der Waals surface area contributed by atoms with E-state index < -0.39 is 0 Å². The average Bonchev–Trinajstić information content (AvgIpc) is 2.47. The van der Waals surface area contributed by atoms with E-state index >= 15 is 0 Å². The molecule has 0 aromatic rings. The number of hydrogen-bond donors (Lipinski definition) is 1. The minimum atomic E-state index is -0.305. The lowest BCUT2D eigenvalue weighted by molar-refractivity contribution is -0.136. The first-order valence-electron chi connectivity index (χ1n) is 6.47. The van der Waals surface area contributed by atoms with Gasteiger partial charge in [0.05, 0.1) is 6.61 Å². The number of rotatable bonds is 5. The summed E-state index contributed by atoms with van der Waals surface area (Å²) in [4.78, 5) is 26.6. The van der Waals surface area contributed by atoms with Gasteiger partial charge in [-0.3, -0.25) is 9.59 Å². The standard InChI is InChI=1S/C13H20N4O3/c1-11(18)16-4-6-17(7-5-16)13(19)12(9-14)10-15-3-8-20-2/h10,15H,3-8H2,1-2H3/b12-10-. The van der Waals surface area contributed by atoms with Gasteiger partial charge in [0.1, 0.15) is 11.6 Å². The van der Waals surface area contributed by atoms with Crippen molar-refractivity contribution in [1.29, 1.82) is 5.26 Å². The van der Waals surface area contributed by atoms with Crippen molar-refractivity contribution >= 4 is 11.8 Å². The topological polar surface area (TPSA) is 85.7 Å². The highest BCUT2D eigenvalue weighted by molar-refractivity contribution is 5.97. The van der Waals surface area contributed by atoms with Crippen LogP contribution < -0.4 is 5.32 Å². The minimum absolute atomic E-state index is 0.00869. The molecule has 1 rings (SSSR count). The van der Waals surface area contributed by atoms with Crippen molar-refractivity contribution in [2.24, 2.45) is 0 Å². The molecule has 2 amide bonds. The molecular formula is C13H20N4O3. The van der Waals surface area contributed by atoms with Crippen molar-refractivity contribution < 1.29 is 14.3 Å². The summed E-state index contributed by atoms with van der Waals surface area (Å²) in [5, 5.41) is 11.9. The fourth-order valence-corrected chi connectivity index (χ4v) is 1.87. The molecule has 7 nitrogen and oxygen atoms in total. The second kappa shape index (κ2) is 8.17. The molecule has 1 heterocycles. The number of ether oxygens (including phenoxy) is 1. The number of nitriles is 1. The summed E-state index contributed by atoms with van der Waals surface area (Å²) in [5.74, 6) is -0.296. The highest BCUT2D eigenvalue weighted by Gasteiger charge is 2.24. The van der Waals surface area contributed by atoms with E-state index in [1.807, 2.05) is 6.07 Å². The summed E-state index contributed by atoms with van der Waals surface area (Å²) < 4.78 is 4.86. The molecule has 1 aliphatic heterocycles. The Morgan fingerprint density at radius 2 is 1.90 bits per heavy atom. The highest BCUT2D eigenvalue weighted by Crippen LogP contribution is 2.06. The van der Waals surface area contributed by atoms with Crippen LogP contribution in [-0.2, 0) is 14.3 Å². The van der Waals surface area contributed by atoms with Crippen LogP contribution in [0.15, 0.2) is 11.8 Å². The van der Waals surface area contributed by atoms with Crippen LogP contribution in [0.25, 0.3) is 0 Å². The molecule has 1 fully saturated rings. The van der Waals surface area contributed by atoms with Crippen LogP contribution in [0.5, 0.6) is 0 Å². The fourth-order valence-electron chi connectivity index (χ4n) is 1.87. The predicted molar refractivity (Wildman–Crippen MR) is 72.4 cm³/mol. The second-order valence-corrected chi connectivity index (χ2v) is 4.42. The van der Waals surface area contributed by atoms with Gasteiger partial charge in [-0.1, -0.05) is 0 Å². The Kier molecular flexibility index (Phi) is 6.53. The normalized spacial score (nSPS) is 15.8. The van der Waals surface area contributed by atoms with Gasteiger partial charge in [-0.2, -0.15) is 5.26 Å². The van der Waals surface area contributed by atoms with Crippen molar-refractivity contribution in [3.8, 4) is 6.07 Å². The molecule has 1 aliphatic rings. The third-order valence-electron chi connectivity index (χ3n) is 3.06. The lowest BCUT2D eigenvalue weighted by atomic mass is 10.2. The molecule has 0 saturated carbocycles. The zero-order valence-electron chi connectivity index (χ0n) is 11.9. The van der Waals surface area contributed by atoms with E-state index in [9.17, 15) is 9.59 Å². The van der Waals surface area contributed by atoms with Crippen molar-refractivity contribution in [2.45, 2.75) is 6.92 Å². The highest BCUT2D eigenvalue weighted by atomic mass is 16.5. The van der Waals surface area contributed by atoms with Crippen LogP contribution in [0.1, 0.15) is 6.92 Å². The number of nitrogens with one attached hydrogen (secondary N) is 1. The molecule has 110 valence electrons. The smallest absolute Gasteiger partial charge is 0.266 e. The van der Waals surface area contributed by atoms with E-state index in [0.717, 1.165) is 0 Å². The van der Waals surface area contributed by atoms with Crippen LogP contribution in [0.3, 0.4) is 0 Å². The average molecular weight is 280 g/mol. The molecule has 0 aromatic carbocycles. The van der Waals surface area contributed by atoms with E-state index in [1.165, 1.54) is 13.1 Å². The molecule has 0 bridgehead atoms. The molecule has 0 aromatic heterocycles. The summed E-state index contributed by atoms with van der Waals surface area (Å²) in [6.07, 6.45) is 1.42. The van der Waals surface area contributed by atoms with Crippen LogP contribution in [-0.4, -0.2) is 68.1 Å². The summed E-state index contributed by atoms with van der Waals surface area (Å²) in [6, 6.07) is 1.90. The van der Waals surface area contributed by atoms with E-state index in [0.29, 0.717) is 39.3 Å². The van der Waals surface area contributed by atoms with Crippen LogP contribution in [0.4, 0.5) is 0 Å². The van der Waals surface area contributed by atoms with Gasteiger partial charge in [-0.05, 0) is 0 Å². The van der Waals surface area contributed by atoms with E-state index in [1.54, 1.807) is 16.9 Å². The van der Waals surface area contributed by atoms with E-state index in [-0.39, 0.29) is 17.4 Å². The maximum atomic E-state index is 12.1. The molecular weight excluding hydrogens is 260 g/mol. The SMILES string of the molecule is COCCN/C=C(/C#N)C(=O)N1CCN(C(C)=O)CC1. The van der Waals surface area contributed by atoms with Crippen LogP contribution in [0.2, 0.25) is 0 Å². The maximum absolute atomic E-state index is 12.1. The molecule has 0 atom stereocenters. The number of carbonyl (C=O) groups is 2. The van der Waals surface area contributed by atoms with Crippen molar-refractivity contribution in [2.75, 3.05) is 46.4 Å². The zero-order chi connectivity index (χ0) is 15.0. The van der Waals surface area contributed by atoms with Gasteiger partial charge in [0, 0.05) is 53.0 Å². The molecule has 0 unspecified atom stereocenters. The monoisotopic (exact) mass is 280 g/mol. The second-order valence-electron chi connectivity index (χ2n) is 4.42. The van der Waals surface area contributed by atoms with E-state index in [2.05, 4.69) is 5.32 Å². The van der Waals surface area contributed by atoms with Crippen LogP contribution in [0, 0.1) is 11.3 Å². The van der Waals surface area contributed by atoms with Crippen molar-refractivity contribution in [3.63, 3.8) is 0 Å². The Balaban J connectivity index is 2.52. The number of piperazine rings is 1. The van der Waals surface area contributed by atoms with Gasteiger partial charge in [0.2, 0.25) is 5.91 Å².